The highest BCUT2D eigenvalue weighted by Crippen LogP contribution is 2.17. The Kier molecular flexibility index (Phi) is 4.80. The third-order valence-corrected chi connectivity index (χ3v) is 4.36. The van der Waals surface area contributed by atoms with Gasteiger partial charge < -0.3 is 4.52 Å². The second kappa shape index (κ2) is 7.55. The monoisotopic (exact) mass is 359 g/mol. The Morgan fingerprint density at radius 2 is 1.78 bits per heavy atom. The summed E-state index contributed by atoms with van der Waals surface area (Å²) in [5.41, 5.74) is 4.37. The van der Waals surface area contributed by atoms with E-state index in [9.17, 15) is 0 Å². The van der Waals surface area contributed by atoms with E-state index in [1.54, 1.807) is 0 Å². The molecule has 2 aromatic carbocycles. The summed E-state index contributed by atoms with van der Waals surface area (Å²) in [4.78, 5) is 6.61. The minimum absolute atomic E-state index is 0.579. The van der Waals surface area contributed by atoms with Gasteiger partial charge in [0.15, 0.2) is 0 Å². The average molecular weight is 359 g/mol. The van der Waals surface area contributed by atoms with Crippen LogP contribution in [-0.2, 0) is 13.1 Å². The van der Waals surface area contributed by atoms with Crippen LogP contribution in [0.3, 0.4) is 0 Å². The van der Waals surface area contributed by atoms with Gasteiger partial charge in [-0.3, -0.25) is 4.90 Å². The number of para-hydroxylation sites is 1. The molecule has 0 saturated heterocycles. The summed E-state index contributed by atoms with van der Waals surface area (Å²) < 4.78 is 7.31. The predicted molar refractivity (Wildman–Crippen MR) is 103 cm³/mol. The molecule has 0 spiro atoms. The van der Waals surface area contributed by atoms with Crippen molar-refractivity contribution in [1.29, 1.82) is 0 Å². The fraction of sp³-hybridized carbons (Fsp3) is 0.190. The first-order valence-electron chi connectivity index (χ1n) is 8.85. The van der Waals surface area contributed by atoms with E-state index in [1.807, 2.05) is 60.4 Å². The molecule has 4 rings (SSSR count). The summed E-state index contributed by atoms with van der Waals surface area (Å²) in [5.74, 6) is 1.22. The molecule has 6 nitrogen and oxygen atoms in total. The van der Waals surface area contributed by atoms with Gasteiger partial charge in [-0.15, -0.1) is 0 Å². The fourth-order valence-electron chi connectivity index (χ4n) is 3.02. The second-order valence-electron chi connectivity index (χ2n) is 6.63. The van der Waals surface area contributed by atoms with Crippen LogP contribution in [0.2, 0.25) is 0 Å². The molecular formula is C21H21N5O. The van der Waals surface area contributed by atoms with Gasteiger partial charge in [-0.25, -0.2) is 4.68 Å². The predicted octanol–water partition coefficient (Wildman–Crippen LogP) is 3.86. The maximum Gasteiger partial charge on any atom is 0.241 e. The van der Waals surface area contributed by atoms with Crippen molar-refractivity contribution in [2.45, 2.75) is 20.0 Å². The lowest BCUT2D eigenvalue weighted by Gasteiger charge is -2.12. The summed E-state index contributed by atoms with van der Waals surface area (Å²) in [6.07, 6.45) is 3.95. The fourth-order valence-corrected chi connectivity index (χ4v) is 3.02. The molecule has 0 fully saturated rings. The molecule has 0 aliphatic heterocycles. The molecule has 0 aliphatic carbocycles. The standard InChI is InChI=1S/C21H21N5O/c1-16-8-6-7-11-19(16)26-14-17(12-22-26)13-25(2)15-20-23-21(24-27-20)18-9-4-3-5-10-18/h3-12,14H,13,15H2,1-2H3. The van der Waals surface area contributed by atoms with Gasteiger partial charge in [0, 0.05) is 23.9 Å². The lowest BCUT2D eigenvalue weighted by molar-refractivity contribution is 0.261. The van der Waals surface area contributed by atoms with Gasteiger partial charge >= 0.3 is 0 Å². The maximum absolute atomic E-state index is 5.39. The van der Waals surface area contributed by atoms with Crippen LogP contribution < -0.4 is 0 Å². The zero-order valence-electron chi connectivity index (χ0n) is 15.4. The van der Waals surface area contributed by atoms with Gasteiger partial charge in [0.1, 0.15) is 0 Å². The molecule has 0 radical (unpaired) electrons. The molecule has 0 unspecified atom stereocenters. The Bertz CT molecular complexity index is 1020. The third-order valence-electron chi connectivity index (χ3n) is 4.36. The van der Waals surface area contributed by atoms with E-state index in [0.29, 0.717) is 18.3 Å². The number of hydrogen-bond donors (Lipinski definition) is 0. The van der Waals surface area contributed by atoms with E-state index in [-0.39, 0.29) is 0 Å². The van der Waals surface area contributed by atoms with Crippen LogP contribution in [0.15, 0.2) is 71.5 Å². The molecule has 0 aliphatic rings. The van der Waals surface area contributed by atoms with Crippen LogP contribution in [0.1, 0.15) is 17.0 Å². The maximum atomic E-state index is 5.39. The van der Waals surface area contributed by atoms with Crippen molar-refractivity contribution in [3.8, 4) is 17.1 Å². The highest BCUT2D eigenvalue weighted by atomic mass is 16.5. The smallest absolute Gasteiger partial charge is 0.241 e. The molecule has 0 N–H and O–H groups in total. The average Bonchev–Trinajstić information content (AvgIpc) is 3.33. The summed E-state index contributed by atoms with van der Waals surface area (Å²) in [6, 6.07) is 18.0. The molecular weight excluding hydrogens is 338 g/mol. The van der Waals surface area contributed by atoms with Crippen LogP contribution in [0, 0.1) is 6.92 Å². The summed E-state index contributed by atoms with van der Waals surface area (Å²) >= 11 is 0. The van der Waals surface area contributed by atoms with Gasteiger partial charge in [-0.1, -0.05) is 53.7 Å². The van der Waals surface area contributed by atoms with E-state index in [4.69, 9.17) is 4.52 Å². The molecule has 27 heavy (non-hydrogen) atoms. The van der Waals surface area contributed by atoms with Crippen LogP contribution in [0.25, 0.3) is 17.1 Å². The number of aryl methyl sites for hydroxylation is 1. The van der Waals surface area contributed by atoms with E-state index in [0.717, 1.165) is 23.4 Å². The molecule has 0 amide bonds. The Balaban J connectivity index is 1.41. The molecule has 6 heteroatoms. The van der Waals surface area contributed by atoms with Gasteiger partial charge in [0.2, 0.25) is 11.7 Å². The van der Waals surface area contributed by atoms with Gasteiger partial charge in [0.05, 0.1) is 18.4 Å². The van der Waals surface area contributed by atoms with Crippen molar-refractivity contribution in [3.05, 3.63) is 84.0 Å². The molecule has 0 atom stereocenters. The highest BCUT2D eigenvalue weighted by Gasteiger charge is 2.12. The van der Waals surface area contributed by atoms with Gasteiger partial charge in [-0.2, -0.15) is 10.1 Å². The highest BCUT2D eigenvalue weighted by molar-refractivity contribution is 5.53. The summed E-state index contributed by atoms with van der Waals surface area (Å²) in [7, 11) is 2.03. The van der Waals surface area contributed by atoms with Crippen LogP contribution in [0.4, 0.5) is 0 Å². The van der Waals surface area contributed by atoms with Crippen molar-refractivity contribution >= 4 is 0 Å². The first-order valence-corrected chi connectivity index (χ1v) is 8.85. The number of aromatic nitrogens is 4. The summed E-state index contributed by atoms with van der Waals surface area (Å²) in [6.45, 7) is 3.41. The Morgan fingerprint density at radius 3 is 2.59 bits per heavy atom. The van der Waals surface area contributed by atoms with Crippen LogP contribution >= 0.6 is 0 Å². The molecule has 2 heterocycles. The number of rotatable bonds is 6. The molecule has 0 saturated carbocycles. The normalized spacial score (nSPS) is 11.2. The zero-order chi connectivity index (χ0) is 18.6. The number of hydrogen-bond acceptors (Lipinski definition) is 5. The van der Waals surface area contributed by atoms with E-state index >= 15 is 0 Å². The van der Waals surface area contributed by atoms with Crippen molar-refractivity contribution in [2.75, 3.05) is 7.05 Å². The first kappa shape index (κ1) is 17.2. The number of nitrogens with zero attached hydrogens (tertiary/aromatic N) is 5. The van der Waals surface area contributed by atoms with Crippen LogP contribution in [0.5, 0.6) is 0 Å². The minimum Gasteiger partial charge on any atom is -0.338 e. The topological polar surface area (TPSA) is 60.0 Å². The SMILES string of the molecule is Cc1ccccc1-n1cc(CN(C)Cc2nc(-c3ccccc3)no2)cn1. The van der Waals surface area contributed by atoms with E-state index in [2.05, 4.69) is 45.4 Å². The third kappa shape index (κ3) is 3.96. The van der Waals surface area contributed by atoms with Crippen LogP contribution in [-0.4, -0.2) is 31.9 Å². The van der Waals surface area contributed by atoms with Crippen molar-refractivity contribution in [3.63, 3.8) is 0 Å². The molecule has 4 aromatic rings. The quantitative estimate of drug-likeness (QED) is 0.523. The Morgan fingerprint density at radius 1 is 1.00 bits per heavy atom. The zero-order valence-corrected chi connectivity index (χ0v) is 15.4. The van der Waals surface area contributed by atoms with Gasteiger partial charge in [-0.05, 0) is 25.6 Å². The number of benzene rings is 2. The van der Waals surface area contributed by atoms with E-state index in [1.165, 1.54) is 5.56 Å². The van der Waals surface area contributed by atoms with Crippen molar-refractivity contribution in [2.24, 2.45) is 0 Å². The molecule has 2 aromatic heterocycles. The van der Waals surface area contributed by atoms with Crippen molar-refractivity contribution < 1.29 is 4.52 Å². The second-order valence-corrected chi connectivity index (χ2v) is 6.63. The largest absolute Gasteiger partial charge is 0.338 e. The molecule has 136 valence electrons. The van der Waals surface area contributed by atoms with E-state index < -0.39 is 0 Å². The Labute approximate surface area is 158 Å². The lowest BCUT2D eigenvalue weighted by Crippen LogP contribution is -2.17. The van der Waals surface area contributed by atoms with Gasteiger partial charge in [0.25, 0.3) is 0 Å². The molecule has 0 bridgehead atoms. The lowest BCUT2D eigenvalue weighted by atomic mass is 10.2. The Hall–Kier alpha value is -3.25. The first-order chi connectivity index (χ1) is 13.2. The minimum atomic E-state index is 0.579. The summed E-state index contributed by atoms with van der Waals surface area (Å²) in [5, 5.41) is 8.56. The van der Waals surface area contributed by atoms with Crippen molar-refractivity contribution in [1.82, 2.24) is 24.8 Å².